The number of halogens is 1. The molecule has 0 aliphatic rings. The number of nitrogens with zero attached hydrogens (tertiary/aromatic N) is 1. The summed E-state index contributed by atoms with van der Waals surface area (Å²) in [4.78, 5) is 26.0. The molecule has 0 aliphatic carbocycles. The second-order valence-corrected chi connectivity index (χ2v) is 7.10. The topological polar surface area (TPSA) is 96.1 Å². The van der Waals surface area contributed by atoms with E-state index in [9.17, 15) is 14.0 Å². The molecule has 4 rings (SSSR count). The standard InChI is InChI=1S/C20H15FN4O3S/c1-28-15-8-3-2-7-14(15)22-19(27)16-10-13-17(24-25-20(13)29-16)23-18(26)11-5-4-6-12(21)9-11/h2-10H,1H3,(H,22,27)(H2,23,24,25,26). The van der Waals surface area contributed by atoms with Gasteiger partial charge >= 0.3 is 0 Å². The van der Waals surface area contributed by atoms with E-state index < -0.39 is 11.7 Å². The first-order valence-electron chi connectivity index (χ1n) is 8.54. The third-order valence-electron chi connectivity index (χ3n) is 4.15. The van der Waals surface area contributed by atoms with Crippen LogP contribution in [0.25, 0.3) is 10.2 Å². The molecule has 0 saturated heterocycles. The first kappa shape index (κ1) is 18.6. The summed E-state index contributed by atoms with van der Waals surface area (Å²) in [6.07, 6.45) is 0. The molecule has 0 saturated carbocycles. The largest absolute Gasteiger partial charge is 0.495 e. The van der Waals surface area contributed by atoms with Gasteiger partial charge in [-0.3, -0.25) is 14.7 Å². The van der Waals surface area contributed by atoms with E-state index in [4.69, 9.17) is 4.74 Å². The molecule has 0 fully saturated rings. The molecule has 0 unspecified atom stereocenters. The van der Waals surface area contributed by atoms with Gasteiger partial charge in [-0.15, -0.1) is 11.3 Å². The van der Waals surface area contributed by atoms with Gasteiger partial charge < -0.3 is 15.4 Å². The Morgan fingerprint density at radius 1 is 1.07 bits per heavy atom. The highest BCUT2D eigenvalue weighted by Gasteiger charge is 2.18. The monoisotopic (exact) mass is 410 g/mol. The quantitative estimate of drug-likeness (QED) is 0.458. The second kappa shape index (κ2) is 7.72. The van der Waals surface area contributed by atoms with E-state index in [-0.39, 0.29) is 17.3 Å². The minimum absolute atomic E-state index is 0.172. The summed E-state index contributed by atoms with van der Waals surface area (Å²) in [5.74, 6) is -0.499. The Labute approximate surface area is 168 Å². The molecule has 0 aliphatic heterocycles. The summed E-state index contributed by atoms with van der Waals surface area (Å²) in [6, 6.07) is 14.1. The lowest BCUT2D eigenvalue weighted by atomic mass is 10.2. The van der Waals surface area contributed by atoms with E-state index in [0.29, 0.717) is 26.5 Å². The predicted octanol–water partition coefficient (Wildman–Crippen LogP) is 4.28. The van der Waals surface area contributed by atoms with Crippen LogP contribution in [-0.4, -0.2) is 29.1 Å². The highest BCUT2D eigenvalue weighted by molar-refractivity contribution is 7.20. The number of ether oxygens (including phenoxy) is 1. The van der Waals surface area contributed by atoms with E-state index in [1.54, 1.807) is 24.3 Å². The molecule has 2 aromatic heterocycles. The van der Waals surface area contributed by atoms with Crippen LogP contribution in [0.1, 0.15) is 20.0 Å². The molecule has 0 atom stereocenters. The number of para-hydroxylation sites is 2. The van der Waals surface area contributed by atoms with Gasteiger partial charge in [-0.05, 0) is 36.4 Å². The number of rotatable bonds is 5. The number of hydrogen-bond acceptors (Lipinski definition) is 5. The van der Waals surface area contributed by atoms with Gasteiger partial charge in [0.15, 0.2) is 5.82 Å². The Bertz CT molecular complexity index is 1220. The van der Waals surface area contributed by atoms with Gasteiger partial charge in [0.1, 0.15) is 16.4 Å². The molecule has 2 aromatic carbocycles. The van der Waals surface area contributed by atoms with Gasteiger partial charge in [-0.2, -0.15) is 5.10 Å². The molecule has 2 amide bonds. The van der Waals surface area contributed by atoms with Crippen molar-refractivity contribution in [3.63, 3.8) is 0 Å². The number of fused-ring (bicyclic) bond motifs is 1. The summed E-state index contributed by atoms with van der Waals surface area (Å²) in [5.41, 5.74) is 0.723. The van der Waals surface area contributed by atoms with Crippen LogP contribution in [0, 0.1) is 5.82 Å². The summed E-state index contributed by atoms with van der Waals surface area (Å²) in [7, 11) is 1.53. The lowest BCUT2D eigenvalue weighted by molar-refractivity contribution is 0.102. The smallest absolute Gasteiger partial charge is 0.265 e. The van der Waals surface area contributed by atoms with Gasteiger partial charge in [0, 0.05) is 5.56 Å². The third-order valence-corrected chi connectivity index (χ3v) is 5.19. The molecular formula is C20H15FN4O3S. The molecule has 146 valence electrons. The molecule has 4 aromatic rings. The minimum Gasteiger partial charge on any atom is -0.495 e. The van der Waals surface area contributed by atoms with Gasteiger partial charge in [-0.25, -0.2) is 4.39 Å². The molecule has 0 spiro atoms. The van der Waals surface area contributed by atoms with Crippen LogP contribution in [0.5, 0.6) is 5.75 Å². The SMILES string of the molecule is COc1ccccc1NC(=O)c1cc2c(NC(=O)c3cccc(F)c3)n[nH]c2s1. The van der Waals surface area contributed by atoms with E-state index in [1.807, 2.05) is 6.07 Å². The number of aromatic amines is 1. The van der Waals surface area contributed by atoms with Crippen molar-refractivity contribution in [2.24, 2.45) is 0 Å². The van der Waals surface area contributed by atoms with Crippen LogP contribution in [-0.2, 0) is 0 Å². The fourth-order valence-corrected chi connectivity index (χ4v) is 3.66. The van der Waals surface area contributed by atoms with Crippen LogP contribution >= 0.6 is 11.3 Å². The van der Waals surface area contributed by atoms with E-state index in [2.05, 4.69) is 20.8 Å². The van der Waals surface area contributed by atoms with Crippen LogP contribution in [0.15, 0.2) is 54.6 Å². The van der Waals surface area contributed by atoms with Crippen molar-refractivity contribution in [2.45, 2.75) is 0 Å². The molecule has 9 heteroatoms. The van der Waals surface area contributed by atoms with Crippen LogP contribution in [0.2, 0.25) is 0 Å². The molecule has 29 heavy (non-hydrogen) atoms. The summed E-state index contributed by atoms with van der Waals surface area (Å²) < 4.78 is 18.6. The summed E-state index contributed by atoms with van der Waals surface area (Å²) in [6.45, 7) is 0. The first-order chi connectivity index (χ1) is 14.0. The maximum absolute atomic E-state index is 13.3. The number of amides is 2. The number of carbonyl (C=O) groups is 2. The lowest BCUT2D eigenvalue weighted by Crippen LogP contribution is -2.13. The van der Waals surface area contributed by atoms with Crippen LogP contribution in [0.3, 0.4) is 0 Å². The lowest BCUT2D eigenvalue weighted by Gasteiger charge is -2.08. The van der Waals surface area contributed by atoms with Crippen molar-refractivity contribution < 1.29 is 18.7 Å². The van der Waals surface area contributed by atoms with Gasteiger partial charge in [0.2, 0.25) is 0 Å². The molecule has 0 bridgehead atoms. The molecule has 0 radical (unpaired) electrons. The number of hydrogen-bond donors (Lipinski definition) is 3. The fourth-order valence-electron chi connectivity index (χ4n) is 2.77. The number of H-pyrrole nitrogens is 1. The Morgan fingerprint density at radius 2 is 1.90 bits per heavy atom. The fraction of sp³-hybridized carbons (Fsp3) is 0.0500. The summed E-state index contributed by atoms with van der Waals surface area (Å²) in [5, 5.41) is 12.9. The maximum atomic E-state index is 13.3. The van der Waals surface area contributed by atoms with E-state index in [0.717, 1.165) is 6.07 Å². The van der Waals surface area contributed by atoms with Crippen molar-refractivity contribution >= 4 is 44.9 Å². The van der Waals surface area contributed by atoms with Crippen molar-refractivity contribution in [2.75, 3.05) is 17.7 Å². The number of benzene rings is 2. The van der Waals surface area contributed by atoms with Crippen molar-refractivity contribution in [1.29, 1.82) is 0 Å². The van der Waals surface area contributed by atoms with Gasteiger partial charge in [0.05, 0.1) is 23.1 Å². The highest BCUT2D eigenvalue weighted by Crippen LogP contribution is 2.31. The van der Waals surface area contributed by atoms with Crippen molar-refractivity contribution in [3.05, 3.63) is 70.9 Å². The van der Waals surface area contributed by atoms with Crippen LogP contribution in [0.4, 0.5) is 15.9 Å². The second-order valence-electron chi connectivity index (χ2n) is 6.04. The third kappa shape index (κ3) is 3.81. The number of anilines is 2. The number of carbonyl (C=O) groups excluding carboxylic acids is 2. The number of nitrogens with one attached hydrogen (secondary N) is 3. The highest BCUT2D eigenvalue weighted by atomic mass is 32.1. The zero-order valence-corrected chi connectivity index (χ0v) is 16.0. The molecule has 3 N–H and O–H groups in total. The minimum atomic E-state index is -0.504. The molecular weight excluding hydrogens is 395 g/mol. The Hall–Kier alpha value is -3.72. The number of methoxy groups -OCH3 is 1. The van der Waals surface area contributed by atoms with Gasteiger partial charge in [0.25, 0.3) is 11.8 Å². The Morgan fingerprint density at radius 3 is 2.69 bits per heavy atom. The zero-order chi connectivity index (χ0) is 20.4. The molecule has 7 nitrogen and oxygen atoms in total. The van der Waals surface area contributed by atoms with Crippen LogP contribution < -0.4 is 15.4 Å². The Kier molecular flexibility index (Phi) is 4.96. The van der Waals surface area contributed by atoms with Crippen molar-refractivity contribution in [1.82, 2.24) is 10.2 Å². The Balaban J connectivity index is 1.55. The summed E-state index contributed by atoms with van der Waals surface area (Å²) >= 11 is 1.20. The normalized spacial score (nSPS) is 10.7. The predicted molar refractivity (Wildman–Crippen MR) is 109 cm³/mol. The average Bonchev–Trinajstić information content (AvgIpc) is 3.30. The maximum Gasteiger partial charge on any atom is 0.265 e. The van der Waals surface area contributed by atoms with Gasteiger partial charge in [-0.1, -0.05) is 18.2 Å². The molecule has 2 heterocycles. The number of aromatic nitrogens is 2. The van der Waals surface area contributed by atoms with Crippen molar-refractivity contribution in [3.8, 4) is 5.75 Å². The zero-order valence-electron chi connectivity index (χ0n) is 15.2. The van der Waals surface area contributed by atoms with E-state index >= 15 is 0 Å². The van der Waals surface area contributed by atoms with E-state index in [1.165, 1.54) is 36.6 Å². The average molecular weight is 410 g/mol. The first-order valence-corrected chi connectivity index (χ1v) is 9.36. The number of thiophene rings is 1.